The van der Waals surface area contributed by atoms with Gasteiger partial charge in [-0.1, -0.05) is 0 Å². The smallest absolute Gasteiger partial charge is 0.180 e. The molecule has 0 unspecified atom stereocenters. The lowest BCUT2D eigenvalue weighted by Crippen LogP contribution is -2.37. The second-order valence-electron chi connectivity index (χ2n) is 2.13. The summed E-state index contributed by atoms with van der Waals surface area (Å²) in [6.07, 6.45) is 0.979. The molecule has 12 heavy (non-hydrogen) atoms. The van der Waals surface area contributed by atoms with E-state index in [1.165, 1.54) is 11.3 Å². The number of hydrogen-bond donors (Lipinski definition) is 2. The topological polar surface area (TPSA) is 91.1 Å². The quantitative estimate of drug-likeness (QED) is 0.646. The third kappa shape index (κ3) is 2.75. The minimum atomic E-state index is -1.26. The first-order valence-corrected chi connectivity index (χ1v) is 4.15. The van der Waals surface area contributed by atoms with Gasteiger partial charge in [0.05, 0.1) is 0 Å². The predicted octanol–water partition coefficient (Wildman–Crippen LogP) is -0.799. The Morgan fingerprint density at radius 3 is 3.08 bits per heavy atom. The fraction of sp³-hybridized carbons (Fsp3) is 0.333. The second kappa shape index (κ2) is 3.91. The van der Waals surface area contributed by atoms with Crippen molar-refractivity contribution >= 4 is 22.6 Å². The summed E-state index contributed by atoms with van der Waals surface area (Å²) in [5.41, 5.74) is 5.37. The summed E-state index contributed by atoms with van der Waals surface area (Å²) in [6, 6.07) is 0. The van der Waals surface area contributed by atoms with Crippen LogP contribution in [0.5, 0.6) is 0 Å². The molecule has 0 saturated carbocycles. The molecule has 0 aliphatic carbocycles. The van der Waals surface area contributed by atoms with Crippen LogP contribution in [0.2, 0.25) is 0 Å². The zero-order chi connectivity index (χ0) is 8.97. The number of nitrogens with zero attached hydrogens (tertiary/aromatic N) is 1. The van der Waals surface area contributed by atoms with Crippen LogP contribution in [0.25, 0.3) is 0 Å². The van der Waals surface area contributed by atoms with Crippen molar-refractivity contribution in [3.63, 3.8) is 0 Å². The minimum absolute atomic E-state index is 0.337. The highest BCUT2D eigenvalue weighted by atomic mass is 32.1. The van der Waals surface area contributed by atoms with E-state index in [-0.39, 0.29) is 0 Å². The number of carbonyl (C=O) groups is 1. The SMILES string of the molecule is Nc1ncc(CCNC(=O)[O-])s1. The van der Waals surface area contributed by atoms with Crippen LogP contribution in [0.3, 0.4) is 0 Å². The van der Waals surface area contributed by atoms with Crippen molar-refractivity contribution in [2.75, 3.05) is 12.3 Å². The van der Waals surface area contributed by atoms with E-state index >= 15 is 0 Å². The van der Waals surface area contributed by atoms with E-state index in [2.05, 4.69) is 10.3 Å². The van der Waals surface area contributed by atoms with Gasteiger partial charge in [0.1, 0.15) is 6.09 Å². The molecule has 1 aromatic heterocycles. The van der Waals surface area contributed by atoms with Gasteiger partial charge in [-0.3, -0.25) is 0 Å². The van der Waals surface area contributed by atoms with Gasteiger partial charge in [-0.25, -0.2) is 4.98 Å². The lowest BCUT2D eigenvalue weighted by molar-refractivity contribution is -0.250. The number of thiazole rings is 1. The summed E-state index contributed by atoms with van der Waals surface area (Å²) < 4.78 is 0. The average Bonchev–Trinajstić information content (AvgIpc) is 2.35. The fourth-order valence-electron chi connectivity index (χ4n) is 0.726. The van der Waals surface area contributed by atoms with Gasteiger partial charge < -0.3 is 21.0 Å². The van der Waals surface area contributed by atoms with Gasteiger partial charge in [-0.2, -0.15) is 0 Å². The highest BCUT2D eigenvalue weighted by molar-refractivity contribution is 7.15. The van der Waals surface area contributed by atoms with Crippen molar-refractivity contribution in [3.8, 4) is 0 Å². The molecule has 0 aliphatic rings. The number of nitrogen functional groups attached to an aromatic ring is 1. The second-order valence-corrected chi connectivity index (χ2v) is 3.28. The number of amides is 1. The average molecular weight is 186 g/mol. The van der Waals surface area contributed by atoms with Crippen molar-refractivity contribution in [2.24, 2.45) is 0 Å². The Labute approximate surface area is 73.2 Å². The number of anilines is 1. The van der Waals surface area contributed by atoms with Crippen LogP contribution < -0.4 is 16.2 Å². The molecular formula is C6H8N3O2S-. The van der Waals surface area contributed by atoms with Crippen molar-refractivity contribution < 1.29 is 9.90 Å². The maximum atomic E-state index is 9.94. The number of carboxylic acid groups (broad SMARTS) is 1. The molecule has 0 aliphatic heterocycles. The van der Waals surface area contributed by atoms with Crippen LogP contribution in [0.4, 0.5) is 9.93 Å². The van der Waals surface area contributed by atoms with Crippen LogP contribution in [0.1, 0.15) is 4.88 Å². The van der Waals surface area contributed by atoms with E-state index in [9.17, 15) is 9.90 Å². The van der Waals surface area contributed by atoms with E-state index in [0.717, 1.165) is 4.88 Å². The summed E-state index contributed by atoms with van der Waals surface area (Å²) >= 11 is 1.35. The number of nitrogens with one attached hydrogen (secondary N) is 1. The Bertz CT molecular complexity index is 274. The molecule has 6 heteroatoms. The van der Waals surface area contributed by atoms with Gasteiger partial charge in [0, 0.05) is 24.0 Å². The molecule has 1 amide bonds. The van der Waals surface area contributed by atoms with Gasteiger partial charge in [0.25, 0.3) is 0 Å². The summed E-state index contributed by atoms with van der Waals surface area (Å²) in [7, 11) is 0. The molecule has 66 valence electrons. The third-order valence-corrected chi connectivity index (χ3v) is 2.10. The van der Waals surface area contributed by atoms with Crippen LogP contribution in [-0.4, -0.2) is 17.6 Å². The zero-order valence-corrected chi connectivity index (χ0v) is 7.06. The van der Waals surface area contributed by atoms with Gasteiger partial charge >= 0.3 is 0 Å². The molecule has 0 atom stereocenters. The molecule has 0 bridgehead atoms. The van der Waals surface area contributed by atoms with Gasteiger partial charge in [-0.05, 0) is 0 Å². The lowest BCUT2D eigenvalue weighted by Gasteiger charge is -2.03. The summed E-state index contributed by atoms with van der Waals surface area (Å²) in [4.78, 5) is 14.7. The number of carbonyl (C=O) groups excluding carboxylic acids is 1. The summed E-state index contributed by atoms with van der Waals surface area (Å²) in [5.74, 6) is 0. The first-order valence-electron chi connectivity index (χ1n) is 3.33. The normalized spacial score (nSPS) is 9.67. The van der Waals surface area contributed by atoms with Crippen LogP contribution in [-0.2, 0) is 6.42 Å². The zero-order valence-electron chi connectivity index (χ0n) is 6.24. The molecule has 3 N–H and O–H groups in total. The molecular weight excluding hydrogens is 178 g/mol. The van der Waals surface area contributed by atoms with Crippen molar-refractivity contribution in [3.05, 3.63) is 11.1 Å². The molecule has 1 aromatic rings. The van der Waals surface area contributed by atoms with E-state index in [0.29, 0.717) is 18.1 Å². The predicted molar refractivity (Wildman–Crippen MR) is 43.6 cm³/mol. The fourth-order valence-corrected chi connectivity index (χ4v) is 1.41. The first-order chi connectivity index (χ1) is 5.68. The van der Waals surface area contributed by atoms with E-state index in [1.54, 1.807) is 6.20 Å². The Hall–Kier alpha value is -1.30. The molecule has 0 radical (unpaired) electrons. The molecule has 5 nitrogen and oxygen atoms in total. The number of aromatic nitrogens is 1. The summed E-state index contributed by atoms with van der Waals surface area (Å²) in [6.45, 7) is 0.337. The van der Waals surface area contributed by atoms with Crippen molar-refractivity contribution in [1.82, 2.24) is 10.3 Å². The first kappa shape index (κ1) is 8.79. The number of nitrogens with two attached hydrogens (primary N) is 1. The molecule has 0 spiro atoms. The van der Waals surface area contributed by atoms with Crippen molar-refractivity contribution in [2.45, 2.75) is 6.42 Å². The number of hydrogen-bond acceptors (Lipinski definition) is 5. The Morgan fingerprint density at radius 1 is 1.83 bits per heavy atom. The highest BCUT2D eigenvalue weighted by Gasteiger charge is 1.97. The van der Waals surface area contributed by atoms with Crippen LogP contribution in [0.15, 0.2) is 6.20 Å². The van der Waals surface area contributed by atoms with Gasteiger partial charge in [-0.15, -0.1) is 11.3 Å². The van der Waals surface area contributed by atoms with E-state index in [1.807, 2.05) is 0 Å². The summed E-state index contributed by atoms with van der Waals surface area (Å²) in [5, 5.41) is 12.6. The van der Waals surface area contributed by atoms with Crippen molar-refractivity contribution in [1.29, 1.82) is 0 Å². The largest absolute Gasteiger partial charge is 0.530 e. The Morgan fingerprint density at radius 2 is 2.58 bits per heavy atom. The molecule has 0 fully saturated rings. The maximum absolute atomic E-state index is 9.94. The van der Waals surface area contributed by atoms with E-state index in [4.69, 9.17) is 5.73 Å². The van der Waals surface area contributed by atoms with E-state index < -0.39 is 6.09 Å². The van der Waals surface area contributed by atoms with Gasteiger partial charge in [0.2, 0.25) is 0 Å². The standard InChI is InChI=1S/C6H9N3O2S/c7-5-9-3-4(12-5)1-2-8-6(10)11/h3,8H,1-2H2,(H2,7,9)(H,10,11)/p-1. The highest BCUT2D eigenvalue weighted by Crippen LogP contribution is 2.13. The molecule has 1 rings (SSSR count). The Kier molecular flexibility index (Phi) is 2.87. The number of rotatable bonds is 3. The molecule has 1 heterocycles. The third-order valence-electron chi connectivity index (χ3n) is 1.21. The van der Waals surface area contributed by atoms with Crippen LogP contribution in [0, 0.1) is 0 Å². The van der Waals surface area contributed by atoms with Gasteiger partial charge in [0.15, 0.2) is 5.13 Å². The molecule has 0 saturated heterocycles. The lowest BCUT2D eigenvalue weighted by atomic mass is 10.4. The van der Waals surface area contributed by atoms with Crippen LogP contribution >= 0.6 is 11.3 Å². The minimum Gasteiger partial charge on any atom is -0.530 e. The maximum Gasteiger partial charge on any atom is 0.180 e. The Balaban J connectivity index is 2.29. The molecule has 0 aromatic carbocycles. The monoisotopic (exact) mass is 186 g/mol.